The van der Waals surface area contributed by atoms with Crippen molar-refractivity contribution in [3.8, 4) is 0 Å². The van der Waals surface area contributed by atoms with E-state index in [0.29, 0.717) is 6.54 Å². The number of anilines is 1. The molecular weight excluding hydrogens is 342 g/mol. The van der Waals surface area contributed by atoms with Crippen molar-refractivity contribution in [3.63, 3.8) is 0 Å². The summed E-state index contributed by atoms with van der Waals surface area (Å²) in [5.41, 5.74) is 1.89. The van der Waals surface area contributed by atoms with E-state index in [4.69, 9.17) is 9.47 Å². The minimum Gasteiger partial charge on any atom is -0.374 e. The first-order chi connectivity index (χ1) is 13.0. The molecule has 0 aliphatic carbocycles. The highest BCUT2D eigenvalue weighted by Crippen LogP contribution is 2.11. The molecule has 1 rings (SSSR count). The predicted octanol–water partition coefficient (Wildman–Crippen LogP) is 3.62. The Morgan fingerprint density at radius 2 is 1.81 bits per heavy atom. The lowest BCUT2D eigenvalue weighted by molar-refractivity contribution is -0.114. The molecule has 148 valence electrons. The van der Waals surface area contributed by atoms with Crippen molar-refractivity contribution >= 4 is 17.8 Å². The molecule has 0 saturated carbocycles. The second kappa shape index (κ2) is 12.8. The molecule has 1 amide bonds. The highest BCUT2D eigenvalue weighted by Gasteiger charge is 2.14. The zero-order valence-electron chi connectivity index (χ0n) is 16.9. The van der Waals surface area contributed by atoms with E-state index >= 15 is 0 Å². The average Bonchev–Trinajstić information content (AvgIpc) is 2.65. The average molecular weight is 373 g/mol. The van der Waals surface area contributed by atoms with Crippen molar-refractivity contribution < 1.29 is 14.3 Å². The van der Waals surface area contributed by atoms with E-state index in [-0.39, 0.29) is 18.1 Å². The standard InChI is InChI=1S/C21H31N3O3/c1-6-7-9-20(26-4)21(27-5)10-8-15-22-24(3)16-18-11-13-19(14-12-18)23-17(2)25/h7-15,20-21H,6,16H2,1-5H3,(H,23,25)/b9-7-,10-8+,22-15+. The first-order valence-corrected chi connectivity index (χ1v) is 9.00. The van der Waals surface area contributed by atoms with E-state index in [9.17, 15) is 4.79 Å². The van der Waals surface area contributed by atoms with Gasteiger partial charge in [-0.15, -0.1) is 0 Å². The van der Waals surface area contributed by atoms with Crippen molar-refractivity contribution in [2.75, 3.05) is 26.6 Å². The number of carbonyl (C=O) groups is 1. The minimum atomic E-state index is -0.170. The monoisotopic (exact) mass is 373 g/mol. The van der Waals surface area contributed by atoms with Gasteiger partial charge in [-0.1, -0.05) is 37.3 Å². The van der Waals surface area contributed by atoms with E-state index in [1.54, 1.807) is 20.4 Å². The summed E-state index contributed by atoms with van der Waals surface area (Å²) in [5, 5.41) is 8.97. The van der Waals surface area contributed by atoms with Gasteiger partial charge in [0.05, 0.1) is 6.54 Å². The summed E-state index contributed by atoms with van der Waals surface area (Å²) in [6.07, 6.45) is 10.2. The quantitative estimate of drug-likeness (QED) is 0.366. The normalized spacial score (nSPS) is 14.1. The molecule has 6 heteroatoms. The molecule has 27 heavy (non-hydrogen) atoms. The lowest BCUT2D eigenvalue weighted by Gasteiger charge is -2.18. The summed E-state index contributed by atoms with van der Waals surface area (Å²) in [4.78, 5) is 11.0. The number of rotatable bonds is 11. The molecule has 1 aromatic carbocycles. The van der Waals surface area contributed by atoms with Gasteiger partial charge in [0, 0.05) is 40.1 Å². The summed E-state index contributed by atoms with van der Waals surface area (Å²) in [6.45, 7) is 4.24. The minimum absolute atomic E-state index is 0.0773. The summed E-state index contributed by atoms with van der Waals surface area (Å²) in [5.74, 6) is -0.0773. The van der Waals surface area contributed by atoms with E-state index in [1.807, 2.05) is 54.6 Å². The molecule has 2 atom stereocenters. The maximum absolute atomic E-state index is 11.0. The number of benzene rings is 1. The fourth-order valence-corrected chi connectivity index (χ4v) is 2.43. The Kier molecular flexibility index (Phi) is 10.7. The second-order valence-corrected chi connectivity index (χ2v) is 6.08. The third-order valence-corrected chi connectivity index (χ3v) is 3.77. The second-order valence-electron chi connectivity index (χ2n) is 6.08. The van der Waals surface area contributed by atoms with Gasteiger partial charge < -0.3 is 14.8 Å². The van der Waals surface area contributed by atoms with Gasteiger partial charge in [0.2, 0.25) is 5.91 Å². The summed E-state index contributed by atoms with van der Waals surface area (Å²) < 4.78 is 10.9. The molecule has 0 spiro atoms. The number of allylic oxidation sites excluding steroid dienone is 2. The van der Waals surface area contributed by atoms with Crippen LogP contribution in [-0.4, -0.2) is 50.6 Å². The van der Waals surface area contributed by atoms with E-state index < -0.39 is 0 Å². The van der Waals surface area contributed by atoms with Crippen molar-refractivity contribution in [1.29, 1.82) is 0 Å². The Bertz CT molecular complexity index is 639. The number of hydrogen-bond donors (Lipinski definition) is 1. The zero-order chi connectivity index (χ0) is 20.1. The van der Waals surface area contributed by atoms with Gasteiger partial charge in [0.1, 0.15) is 12.2 Å². The van der Waals surface area contributed by atoms with Crippen LogP contribution in [0.2, 0.25) is 0 Å². The number of carbonyl (C=O) groups excluding carboxylic acids is 1. The van der Waals surface area contributed by atoms with Gasteiger partial charge in [-0.2, -0.15) is 5.10 Å². The van der Waals surface area contributed by atoms with Crippen LogP contribution in [-0.2, 0) is 20.8 Å². The Balaban J connectivity index is 2.56. The summed E-state index contributed by atoms with van der Waals surface area (Å²) in [7, 11) is 5.24. The molecule has 0 fully saturated rings. The lowest BCUT2D eigenvalue weighted by Crippen LogP contribution is -2.26. The molecule has 6 nitrogen and oxygen atoms in total. The maximum Gasteiger partial charge on any atom is 0.221 e. The van der Waals surface area contributed by atoms with Gasteiger partial charge in [-0.3, -0.25) is 9.80 Å². The van der Waals surface area contributed by atoms with E-state index in [0.717, 1.165) is 17.7 Å². The number of methoxy groups -OCH3 is 2. The highest BCUT2D eigenvalue weighted by atomic mass is 16.5. The lowest BCUT2D eigenvalue weighted by atomic mass is 10.1. The van der Waals surface area contributed by atoms with Crippen LogP contribution < -0.4 is 5.32 Å². The predicted molar refractivity (Wildman–Crippen MR) is 111 cm³/mol. The number of nitrogens with zero attached hydrogens (tertiary/aromatic N) is 2. The Labute approximate surface area is 162 Å². The van der Waals surface area contributed by atoms with Crippen LogP contribution in [0.3, 0.4) is 0 Å². The third kappa shape index (κ3) is 9.17. The van der Waals surface area contributed by atoms with Crippen LogP contribution in [0.5, 0.6) is 0 Å². The first kappa shape index (κ1) is 22.6. The van der Waals surface area contributed by atoms with E-state index in [1.165, 1.54) is 6.92 Å². The number of ether oxygens (including phenoxy) is 2. The molecular formula is C21H31N3O3. The van der Waals surface area contributed by atoms with Gasteiger partial charge >= 0.3 is 0 Å². The fraction of sp³-hybridized carbons (Fsp3) is 0.429. The largest absolute Gasteiger partial charge is 0.374 e. The van der Waals surface area contributed by atoms with Gasteiger partial charge in [0.15, 0.2) is 0 Å². The van der Waals surface area contributed by atoms with Crippen molar-refractivity contribution in [1.82, 2.24) is 5.01 Å². The van der Waals surface area contributed by atoms with Crippen LogP contribution in [0, 0.1) is 0 Å². The third-order valence-electron chi connectivity index (χ3n) is 3.77. The Morgan fingerprint density at radius 1 is 1.19 bits per heavy atom. The number of hydrazone groups is 1. The van der Waals surface area contributed by atoms with Crippen LogP contribution in [0.15, 0.2) is 53.7 Å². The van der Waals surface area contributed by atoms with Crippen molar-refractivity contribution in [2.45, 2.75) is 39.0 Å². The van der Waals surface area contributed by atoms with Crippen molar-refractivity contribution in [3.05, 3.63) is 54.1 Å². The highest BCUT2D eigenvalue weighted by molar-refractivity contribution is 5.88. The molecule has 0 radical (unpaired) electrons. The molecule has 1 N–H and O–H groups in total. The molecule has 0 aliphatic rings. The summed E-state index contributed by atoms with van der Waals surface area (Å²) >= 11 is 0. The van der Waals surface area contributed by atoms with Gasteiger partial charge in [-0.25, -0.2) is 0 Å². The number of amides is 1. The molecule has 0 saturated heterocycles. The SMILES string of the molecule is CC/C=C\C(OC)C(/C=C/C=N/N(C)Cc1ccc(NC(C)=O)cc1)OC. The molecule has 0 heterocycles. The van der Waals surface area contributed by atoms with Gasteiger partial charge in [0.25, 0.3) is 0 Å². The van der Waals surface area contributed by atoms with Gasteiger partial charge in [-0.05, 0) is 30.2 Å². The van der Waals surface area contributed by atoms with E-state index in [2.05, 4.69) is 23.4 Å². The zero-order valence-corrected chi connectivity index (χ0v) is 16.9. The van der Waals surface area contributed by atoms with Crippen LogP contribution in [0.4, 0.5) is 5.69 Å². The Morgan fingerprint density at radius 3 is 2.37 bits per heavy atom. The fourth-order valence-electron chi connectivity index (χ4n) is 2.43. The van der Waals surface area contributed by atoms with Crippen LogP contribution >= 0.6 is 0 Å². The Hall–Kier alpha value is -2.44. The maximum atomic E-state index is 11.0. The number of nitrogens with one attached hydrogen (secondary N) is 1. The summed E-state index contributed by atoms with van der Waals surface area (Å²) in [6, 6.07) is 7.70. The smallest absolute Gasteiger partial charge is 0.221 e. The molecule has 1 aromatic rings. The molecule has 0 bridgehead atoms. The van der Waals surface area contributed by atoms with Crippen molar-refractivity contribution in [2.24, 2.45) is 5.10 Å². The first-order valence-electron chi connectivity index (χ1n) is 9.00. The number of hydrogen-bond acceptors (Lipinski definition) is 5. The molecule has 2 unspecified atom stereocenters. The molecule has 0 aromatic heterocycles. The van der Waals surface area contributed by atoms with Crippen LogP contribution in [0.1, 0.15) is 25.8 Å². The van der Waals surface area contributed by atoms with Crippen LogP contribution in [0.25, 0.3) is 0 Å². The topological polar surface area (TPSA) is 63.2 Å². The molecule has 0 aliphatic heterocycles.